The van der Waals surface area contributed by atoms with Crippen LogP contribution in [0.2, 0.25) is 0 Å². The minimum Gasteiger partial charge on any atom is -0.497 e. The number of nitrogens with two attached hydrogens (primary N) is 1. The zero-order valence-corrected chi connectivity index (χ0v) is 14.8. The van der Waals surface area contributed by atoms with Crippen LogP contribution in [0.25, 0.3) is 0 Å². The van der Waals surface area contributed by atoms with Gasteiger partial charge in [0.2, 0.25) is 0 Å². The van der Waals surface area contributed by atoms with Crippen molar-refractivity contribution in [3.8, 4) is 23.0 Å². The van der Waals surface area contributed by atoms with Crippen molar-refractivity contribution in [1.29, 1.82) is 0 Å². The van der Waals surface area contributed by atoms with Crippen LogP contribution < -0.4 is 30.0 Å². The number of guanidine groups is 1. The van der Waals surface area contributed by atoms with E-state index < -0.39 is 0 Å². The van der Waals surface area contributed by atoms with Crippen LogP contribution in [0.3, 0.4) is 0 Å². The zero-order valence-electron chi connectivity index (χ0n) is 14.8. The van der Waals surface area contributed by atoms with Crippen molar-refractivity contribution >= 4 is 11.6 Å². The first-order valence-corrected chi connectivity index (χ1v) is 7.61. The number of rotatable bonds is 7. The van der Waals surface area contributed by atoms with E-state index in [0.29, 0.717) is 23.8 Å². The summed E-state index contributed by atoms with van der Waals surface area (Å²) < 4.78 is 21.0. The molecule has 0 aliphatic heterocycles. The van der Waals surface area contributed by atoms with Gasteiger partial charge in [-0.2, -0.15) is 0 Å². The third-order valence-corrected chi connectivity index (χ3v) is 3.57. The predicted molar refractivity (Wildman–Crippen MR) is 98.0 cm³/mol. The van der Waals surface area contributed by atoms with Crippen molar-refractivity contribution in [3.63, 3.8) is 0 Å². The lowest BCUT2D eigenvalue weighted by molar-refractivity contribution is 0.355. The standard InChI is InChI=1S/C18H23N3O4/c1-22-14-7-5-12(16(10-14)24-3)11-20-18(19)21-13-6-8-15(23-2)17(9-13)25-4/h5-10H,11H2,1-4H3,(H3,19,20,21). The van der Waals surface area contributed by atoms with E-state index in [0.717, 1.165) is 17.0 Å². The average Bonchev–Trinajstić information content (AvgIpc) is 2.65. The van der Waals surface area contributed by atoms with E-state index in [4.69, 9.17) is 24.7 Å². The van der Waals surface area contributed by atoms with Crippen LogP contribution in [0.15, 0.2) is 41.4 Å². The molecule has 25 heavy (non-hydrogen) atoms. The number of hydrogen-bond donors (Lipinski definition) is 2. The number of aliphatic imine (C=N–C) groups is 1. The summed E-state index contributed by atoms with van der Waals surface area (Å²) in [7, 11) is 6.38. The van der Waals surface area contributed by atoms with E-state index in [1.165, 1.54) is 0 Å². The van der Waals surface area contributed by atoms with Crippen LogP contribution in [0.1, 0.15) is 5.56 Å². The van der Waals surface area contributed by atoms with Crippen LogP contribution in [-0.2, 0) is 6.54 Å². The topological polar surface area (TPSA) is 87.3 Å². The maximum absolute atomic E-state index is 5.96. The van der Waals surface area contributed by atoms with E-state index in [2.05, 4.69) is 10.3 Å². The van der Waals surface area contributed by atoms with Crippen molar-refractivity contribution in [2.75, 3.05) is 33.8 Å². The molecule has 2 aromatic rings. The van der Waals surface area contributed by atoms with Crippen LogP contribution in [0.4, 0.5) is 5.69 Å². The quantitative estimate of drug-likeness (QED) is 0.592. The molecular formula is C18H23N3O4. The molecule has 3 N–H and O–H groups in total. The molecule has 0 saturated carbocycles. The first kappa shape index (κ1) is 18.3. The second-order valence-corrected chi connectivity index (χ2v) is 5.07. The first-order valence-electron chi connectivity index (χ1n) is 7.61. The fraction of sp³-hybridized carbons (Fsp3) is 0.278. The summed E-state index contributed by atoms with van der Waals surface area (Å²) in [6, 6.07) is 11.0. The van der Waals surface area contributed by atoms with Crippen molar-refractivity contribution in [1.82, 2.24) is 0 Å². The second kappa shape index (κ2) is 8.68. The molecule has 0 spiro atoms. The molecule has 0 unspecified atom stereocenters. The molecule has 0 fully saturated rings. The molecule has 134 valence electrons. The minimum absolute atomic E-state index is 0.282. The van der Waals surface area contributed by atoms with Crippen LogP contribution >= 0.6 is 0 Å². The molecule has 0 saturated heterocycles. The lowest BCUT2D eigenvalue weighted by Gasteiger charge is -2.11. The highest BCUT2D eigenvalue weighted by molar-refractivity contribution is 5.92. The molecular weight excluding hydrogens is 322 g/mol. The summed E-state index contributed by atoms with van der Waals surface area (Å²) in [4.78, 5) is 4.34. The van der Waals surface area contributed by atoms with Gasteiger partial charge in [-0.15, -0.1) is 0 Å². The highest BCUT2D eigenvalue weighted by Gasteiger charge is 2.07. The molecule has 0 heterocycles. The van der Waals surface area contributed by atoms with Crippen molar-refractivity contribution < 1.29 is 18.9 Å². The lowest BCUT2D eigenvalue weighted by Crippen LogP contribution is -2.22. The summed E-state index contributed by atoms with van der Waals surface area (Å²) in [5, 5.41) is 3.02. The van der Waals surface area contributed by atoms with Crippen LogP contribution in [-0.4, -0.2) is 34.4 Å². The Morgan fingerprint density at radius 1 is 0.880 bits per heavy atom. The Hall–Kier alpha value is -3.09. The Kier molecular flexibility index (Phi) is 6.33. The van der Waals surface area contributed by atoms with Gasteiger partial charge in [-0.05, 0) is 24.3 Å². The van der Waals surface area contributed by atoms with Crippen LogP contribution in [0, 0.1) is 0 Å². The molecule has 7 nitrogen and oxygen atoms in total. The number of ether oxygens (including phenoxy) is 4. The second-order valence-electron chi connectivity index (χ2n) is 5.07. The van der Waals surface area contributed by atoms with Crippen molar-refractivity contribution in [2.24, 2.45) is 10.7 Å². The smallest absolute Gasteiger partial charge is 0.193 e. The molecule has 2 aromatic carbocycles. The zero-order chi connectivity index (χ0) is 18.2. The molecule has 0 atom stereocenters. The van der Waals surface area contributed by atoms with E-state index in [1.54, 1.807) is 40.6 Å². The largest absolute Gasteiger partial charge is 0.497 e. The van der Waals surface area contributed by atoms with Gasteiger partial charge in [0.15, 0.2) is 17.5 Å². The fourth-order valence-electron chi connectivity index (χ4n) is 2.25. The molecule has 0 aromatic heterocycles. The Bertz CT molecular complexity index is 747. The van der Waals surface area contributed by atoms with Gasteiger partial charge >= 0.3 is 0 Å². The predicted octanol–water partition coefficient (Wildman–Crippen LogP) is 2.65. The van der Waals surface area contributed by atoms with Gasteiger partial charge in [0.05, 0.1) is 35.0 Å². The van der Waals surface area contributed by atoms with E-state index in [1.807, 2.05) is 24.3 Å². The molecule has 0 aliphatic carbocycles. The first-order chi connectivity index (χ1) is 12.1. The Morgan fingerprint density at radius 2 is 1.60 bits per heavy atom. The lowest BCUT2D eigenvalue weighted by atomic mass is 10.2. The minimum atomic E-state index is 0.282. The summed E-state index contributed by atoms with van der Waals surface area (Å²) in [5.74, 6) is 2.96. The number of nitrogens with zero attached hydrogens (tertiary/aromatic N) is 1. The monoisotopic (exact) mass is 345 g/mol. The third kappa shape index (κ3) is 4.69. The van der Waals surface area contributed by atoms with E-state index in [9.17, 15) is 0 Å². The Labute approximate surface area is 147 Å². The van der Waals surface area contributed by atoms with Gasteiger partial charge in [-0.25, -0.2) is 4.99 Å². The average molecular weight is 345 g/mol. The molecule has 0 aliphatic rings. The fourth-order valence-corrected chi connectivity index (χ4v) is 2.25. The highest BCUT2D eigenvalue weighted by Crippen LogP contribution is 2.29. The molecule has 7 heteroatoms. The number of benzene rings is 2. The Morgan fingerprint density at radius 3 is 2.24 bits per heavy atom. The SMILES string of the molecule is COc1ccc(CN=C(N)Nc2ccc(OC)c(OC)c2)c(OC)c1. The van der Waals surface area contributed by atoms with E-state index in [-0.39, 0.29) is 5.96 Å². The van der Waals surface area contributed by atoms with Crippen molar-refractivity contribution in [2.45, 2.75) is 6.54 Å². The number of nitrogens with one attached hydrogen (secondary N) is 1. The van der Waals surface area contributed by atoms with Gasteiger partial charge < -0.3 is 30.0 Å². The van der Waals surface area contributed by atoms with E-state index >= 15 is 0 Å². The van der Waals surface area contributed by atoms with Gasteiger partial charge in [-0.1, -0.05) is 0 Å². The molecule has 0 radical (unpaired) electrons. The van der Waals surface area contributed by atoms with Gasteiger partial charge in [0, 0.05) is 23.4 Å². The maximum atomic E-state index is 5.96. The number of hydrogen-bond acceptors (Lipinski definition) is 5. The normalized spacial score (nSPS) is 11.0. The third-order valence-electron chi connectivity index (χ3n) is 3.57. The van der Waals surface area contributed by atoms with Gasteiger partial charge in [0.1, 0.15) is 11.5 Å². The molecule has 0 amide bonds. The summed E-state index contributed by atoms with van der Waals surface area (Å²) in [5.41, 5.74) is 7.62. The van der Waals surface area contributed by atoms with Gasteiger partial charge in [-0.3, -0.25) is 0 Å². The maximum Gasteiger partial charge on any atom is 0.193 e. The molecule has 0 bridgehead atoms. The number of methoxy groups -OCH3 is 4. The van der Waals surface area contributed by atoms with Crippen LogP contribution in [0.5, 0.6) is 23.0 Å². The summed E-state index contributed by atoms with van der Waals surface area (Å²) in [6.45, 7) is 0.374. The Balaban J connectivity index is 2.09. The molecule has 2 rings (SSSR count). The van der Waals surface area contributed by atoms with Crippen molar-refractivity contribution in [3.05, 3.63) is 42.0 Å². The van der Waals surface area contributed by atoms with Gasteiger partial charge in [0.25, 0.3) is 0 Å². The highest BCUT2D eigenvalue weighted by atomic mass is 16.5. The number of anilines is 1. The summed E-state index contributed by atoms with van der Waals surface area (Å²) in [6.07, 6.45) is 0. The summed E-state index contributed by atoms with van der Waals surface area (Å²) >= 11 is 0.